The highest BCUT2D eigenvalue weighted by atomic mass is 16.6. The van der Waals surface area contributed by atoms with E-state index in [2.05, 4.69) is 11.8 Å². The highest BCUT2D eigenvalue weighted by Gasteiger charge is 2.02. The Morgan fingerprint density at radius 1 is 0.419 bits per heavy atom. The Kier molecular flexibility index (Phi) is 36.5. The molecule has 0 saturated heterocycles. The third-order valence-corrected chi connectivity index (χ3v) is 5.88. The van der Waals surface area contributed by atoms with Crippen molar-refractivity contribution in [3.63, 3.8) is 0 Å². The van der Waals surface area contributed by atoms with Crippen molar-refractivity contribution in [2.75, 3.05) is 146 Å². The van der Waals surface area contributed by atoms with Crippen LogP contribution >= 0.6 is 0 Å². The van der Waals surface area contributed by atoms with E-state index in [1.807, 2.05) is 14.1 Å². The fraction of sp³-hybridized carbons (Fsp3) is 0.968. The van der Waals surface area contributed by atoms with Crippen LogP contribution in [0.15, 0.2) is 0 Å². The van der Waals surface area contributed by atoms with Gasteiger partial charge in [0.2, 0.25) is 0 Å². The molecule has 0 aliphatic rings. The van der Waals surface area contributed by atoms with Gasteiger partial charge < -0.3 is 52.3 Å². The SMILES string of the molecule is CCCCCCCCC(=O)OCCOCCOCCOCCOCCOCCOCCOCCOCCOCCN(C)C. The van der Waals surface area contributed by atoms with Gasteiger partial charge in [-0.1, -0.05) is 39.0 Å². The Labute approximate surface area is 261 Å². The summed E-state index contributed by atoms with van der Waals surface area (Å²) in [5.41, 5.74) is 0. The molecule has 0 aromatic rings. The van der Waals surface area contributed by atoms with E-state index in [9.17, 15) is 4.79 Å². The molecule has 0 heterocycles. The number of hydrogen-bond donors (Lipinski definition) is 0. The molecule has 0 saturated carbocycles. The van der Waals surface area contributed by atoms with Crippen LogP contribution < -0.4 is 0 Å². The molecule has 0 rings (SSSR count). The van der Waals surface area contributed by atoms with Crippen LogP contribution in [0.25, 0.3) is 0 Å². The summed E-state index contributed by atoms with van der Waals surface area (Å²) in [5.74, 6) is -0.141. The van der Waals surface area contributed by atoms with E-state index in [0.29, 0.717) is 125 Å². The minimum absolute atomic E-state index is 0.141. The van der Waals surface area contributed by atoms with Crippen LogP contribution in [-0.4, -0.2) is 157 Å². The van der Waals surface area contributed by atoms with Crippen molar-refractivity contribution in [3.05, 3.63) is 0 Å². The maximum atomic E-state index is 11.6. The third-order valence-electron chi connectivity index (χ3n) is 5.88. The summed E-state index contributed by atoms with van der Waals surface area (Å²) in [6.45, 7) is 12.8. The zero-order valence-corrected chi connectivity index (χ0v) is 27.5. The standard InChI is InChI=1S/C31H63NO11/c1-4-5-6-7-8-9-10-31(33)43-30-29-42-28-27-41-26-25-40-24-23-39-22-21-38-20-19-37-18-17-36-16-15-35-14-13-34-12-11-32(2)3/h4-30H2,1-3H3. The van der Waals surface area contributed by atoms with E-state index < -0.39 is 0 Å². The molecule has 0 bridgehead atoms. The molecule has 0 fully saturated rings. The molecule has 43 heavy (non-hydrogen) atoms. The van der Waals surface area contributed by atoms with Gasteiger partial charge in [-0.25, -0.2) is 0 Å². The lowest BCUT2D eigenvalue weighted by molar-refractivity contribution is -0.145. The Morgan fingerprint density at radius 2 is 0.721 bits per heavy atom. The molecule has 0 aliphatic heterocycles. The smallest absolute Gasteiger partial charge is 0.305 e. The Morgan fingerprint density at radius 3 is 1.07 bits per heavy atom. The molecule has 0 N–H and O–H groups in total. The Bertz CT molecular complexity index is 544. The summed E-state index contributed by atoms with van der Waals surface area (Å²) in [4.78, 5) is 13.7. The lowest BCUT2D eigenvalue weighted by Crippen LogP contribution is -2.19. The highest BCUT2D eigenvalue weighted by Crippen LogP contribution is 2.07. The van der Waals surface area contributed by atoms with Gasteiger partial charge in [-0.05, 0) is 20.5 Å². The molecule has 0 radical (unpaired) electrons. The first-order valence-corrected chi connectivity index (χ1v) is 16.2. The second-order valence-corrected chi connectivity index (χ2v) is 10.1. The first kappa shape index (κ1) is 42.1. The first-order chi connectivity index (χ1) is 21.2. The van der Waals surface area contributed by atoms with E-state index in [1.54, 1.807) is 0 Å². The van der Waals surface area contributed by atoms with E-state index in [0.717, 1.165) is 19.4 Å². The van der Waals surface area contributed by atoms with E-state index in [1.165, 1.54) is 25.7 Å². The van der Waals surface area contributed by atoms with Crippen molar-refractivity contribution in [1.29, 1.82) is 0 Å². The summed E-state index contributed by atoms with van der Waals surface area (Å²) < 4.78 is 54.3. The van der Waals surface area contributed by atoms with Crippen LogP contribution in [0.2, 0.25) is 0 Å². The molecule has 0 unspecified atom stereocenters. The van der Waals surface area contributed by atoms with Crippen LogP contribution in [0.1, 0.15) is 51.9 Å². The Balaban J connectivity index is 3.09. The zero-order valence-electron chi connectivity index (χ0n) is 27.5. The summed E-state index contributed by atoms with van der Waals surface area (Å²) >= 11 is 0. The molecule has 0 atom stereocenters. The van der Waals surface area contributed by atoms with Gasteiger partial charge in [0.1, 0.15) is 6.61 Å². The van der Waals surface area contributed by atoms with Gasteiger partial charge in [-0.15, -0.1) is 0 Å². The van der Waals surface area contributed by atoms with Crippen LogP contribution in [0.4, 0.5) is 0 Å². The van der Waals surface area contributed by atoms with Crippen molar-refractivity contribution < 1.29 is 52.2 Å². The normalized spacial score (nSPS) is 11.5. The summed E-state index contributed by atoms with van der Waals surface area (Å²) in [6, 6.07) is 0. The van der Waals surface area contributed by atoms with Gasteiger partial charge in [0, 0.05) is 13.0 Å². The van der Waals surface area contributed by atoms with Crippen molar-refractivity contribution in [1.82, 2.24) is 4.90 Å². The van der Waals surface area contributed by atoms with Crippen LogP contribution in [0, 0.1) is 0 Å². The monoisotopic (exact) mass is 625 g/mol. The lowest BCUT2D eigenvalue weighted by Gasteiger charge is -2.10. The molecule has 0 aliphatic carbocycles. The molecule has 0 amide bonds. The fourth-order valence-electron chi connectivity index (χ4n) is 3.44. The van der Waals surface area contributed by atoms with Gasteiger partial charge in [0.25, 0.3) is 0 Å². The van der Waals surface area contributed by atoms with Gasteiger partial charge in [-0.3, -0.25) is 4.79 Å². The number of ether oxygens (including phenoxy) is 10. The molecule has 258 valence electrons. The van der Waals surface area contributed by atoms with Crippen molar-refractivity contribution >= 4 is 5.97 Å². The number of esters is 1. The van der Waals surface area contributed by atoms with Crippen molar-refractivity contribution in [3.8, 4) is 0 Å². The number of rotatable bonds is 37. The van der Waals surface area contributed by atoms with Gasteiger partial charge in [0.15, 0.2) is 0 Å². The van der Waals surface area contributed by atoms with E-state index in [-0.39, 0.29) is 12.6 Å². The number of hydrogen-bond acceptors (Lipinski definition) is 12. The summed E-state index contributed by atoms with van der Waals surface area (Å²) in [7, 11) is 4.04. The average molecular weight is 626 g/mol. The quantitative estimate of drug-likeness (QED) is 0.0747. The van der Waals surface area contributed by atoms with Crippen LogP contribution in [0.3, 0.4) is 0 Å². The molecule has 12 nitrogen and oxygen atoms in total. The largest absolute Gasteiger partial charge is 0.463 e. The third kappa shape index (κ3) is 39.0. The highest BCUT2D eigenvalue weighted by molar-refractivity contribution is 5.69. The number of carbonyl (C=O) groups is 1. The van der Waals surface area contributed by atoms with E-state index >= 15 is 0 Å². The van der Waals surface area contributed by atoms with Gasteiger partial charge >= 0.3 is 5.97 Å². The first-order valence-electron chi connectivity index (χ1n) is 16.2. The number of likely N-dealkylation sites (N-methyl/N-ethyl adjacent to an activating group) is 1. The molecule has 0 aromatic carbocycles. The summed E-state index contributed by atoms with van der Waals surface area (Å²) in [6.07, 6.45) is 7.44. The lowest BCUT2D eigenvalue weighted by atomic mass is 10.1. The van der Waals surface area contributed by atoms with Gasteiger partial charge in [0.05, 0.1) is 119 Å². The molecular weight excluding hydrogens is 562 g/mol. The fourth-order valence-corrected chi connectivity index (χ4v) is 3.44. The maximum absolute atomic E-state index is 11.6. The summed E-state index contributed by atoms with van der Waals surface area (Å²) in [5, 5.41) is 0. The van der Waals surface area contributed by atoms with Gasteiger partial charge in [-0.2, -0.15) is 0 Å². The molecule has 12 heteroatoms. The van der Waals surface area contributed by atoms with Crippen LogP contribution in [-0.2, 0) is 52.2 Å². The topological polar surface area (TPSA) is 113 Å². The van der Waals surface area contributed by atoms with Crippen molar-refractivity contribution in [2.24, 2.45) is 0 Å². The maximum Gasteiger partial charge on any atom is 0.305 e. The minimum Gasteiger partial charge on any atom is -0.463 e. The van der Waals surface area contributed by atoms with Crippen molar-refractivity contribution in [2.45, 2.75) is 51.9 Å². The second kappa shape index (κ2) is 37.3. The molecular formula is C31H63NO11. The molecule has 0 spiro atoms. The zero-order chi connectivity index (χ0) is 31.3. The molecule has 0 aromatic heterocycles. The number of nitrogens with zero attached hydrogens (tertiary/aromatic N) is 1. The predicted molar refractivity (Wildman–Crippen MR) is 165 cm³/mol. The Hall–Kier alpha value is -0.930. The number of carbonyl (C=O) groups excluding carboxylic acids is 1. The second-order valence-electron chi connectivity index (χ2n) is 10.1. The predicted octanol–water partition coefficient (Wildman–Crippen LogP) is 2.99. The average Bonchev–Trinajstić information content (AvgIpc) is 2.99. The van der Waals surface area contributed by atoms with E-state index in [4.69, 9.17) is 47.4 Å². The number of unbranched alkanes of at least 4 members (excludes halogenated alkanes) is 5. The minimum atomic E-state index is -0.141. The van der Waals surface area contributed by atoms with Crippen LogP contribution in [0.5, 0.6) is 0 Å².